The highest BCUT2D eigenvalue weighted by molar-refractivity contribution is 5.78. The maximum atomic E-state index is 11.9. The molecule has 0 aromatic carbocycles. The Balaban J connectivity index is 1.74. The van der Waals surface area contributed by atoms with Crippen LogP contribution < -0.4 is 10.7 Å². The van der Waals surface area contributed by atoms with Crippen LogP contribution in [0.25, 0.3) is 0 Å². The molecule has 86 valence electrons. The Morgan fingerprint density at radius 3 is 2.53 bits per heavy atom. The van der Waals surface area contributed by atoms with Crippen LogP contribution >= 0.6 is 0 Å². The molecule has 0 aliphatic carbocycles. The Kier molecular flexibility index (Phi) is 3.59. The standard InChI is InChI=1S/C11H21N3O/c1-9(10-7-12-8-10)11(15)13-14-5-3-2-4-6-14/h9-10,12H,2-8H2,1H3,(H,13,15). The first-order chi connectivity index (χ1) is 7.27. The Labute approximate surface area is 91.4 Å². The van der Waals surface area contributed by atoms with Gasteiger partial charge in [0.15, 0.2) is 0 Å². The van der Waals surface area contributed by atoms with E-state index < -0.39 is 0 Å². The molecule has 2 heterocycles. The van der Waals surface area contributed by atoms with Crippen molar-refractivity contribution in [1.82, 2.24) is 15.8 Å². The van der Waals surface area contributed by atoms with Crippen LogP contribution in [0.15, 0.2) is 0 Å². The third-order valence-electron chi connectivity index (χ3n) is 3.56. The Morgan fingerprint density at radius 1 is 1.33 bits per heavy atom. The SMILES string of the molecule is CC(C(=O)NN1CCCCC1)C1CNC1. The molecule has 15 heavy (non-hydrogen) atoms. The van der Waals surface area contributed by atoms with E-state index in [-0.39, 0.29) is 11.8 Å². The molecule has 0 aromatic rings. The minimum atomic E-state index is 0.146. The predicted molar refractivity (Wildman–Crippen MR) is 59.1 cm³/mol. The van der Waals surface area contributed by atoms with Crippen molar-refractivity contribution < 1.29 is 4.79 Å². The lowest BCUT2D eigenvalue weighted by atomic mass is 9.88. The predicted octanol–water partition coefficient (Wildman–Crippen LogP) is 0.359. The number of piperidine rings is 1. The van der Waals surface area contributed by atoms with E-state index in [0.717, 1.165) is 26.2 Å². The van der Waals surface area contributed by atoms with Crippen molar-refractivity contribution in [3.63, 3.8) is 0 Å². The van der Waals surface area contributed by atoms with Crippen molar-refractivity contribution in [3.8, 4) is 0 Å². The van der Waals surface area contributed by atoms with Gasteiger partial charge in [0.1, 0.15) is 0 Å². The molecule has 4 nitrogen and oxygen atoms in total. The number of hydrogen-bond acceptors (Lipinski definition) is 3. The molecule has 0 bridgehead atoms. The summed E-state index contributed by atoms with van der Waals surface area (Å²) in [5, 5.41) is 5.28. The highest BCUT2D eigenvalue weighted by Gasteiger charge is 2.29. The van der Waals surface area contributed by atoms with Crippen LogP contribution in [0, 0.1) is 11.8 Å². The zero-order valence-electron chi connectivity index (χ0n) is 9.46. The lowest BCUT2D eigenvalue weighted by molar-refractivity contribution is -0.132. The Hall–Kier alpha value is -0.610. The van der Waals surface area contributed by atoms with Gasteiger partial charge in [-0.3, -0.25) is 10.2 Å². The molecule has 0 saturated carbocycles. The first kappa shape index (κ1) is 10.9. The van der Waals surface area contributed by atoms with Gasteiger partial charge in [-0.15, -0.1) is 0 Å². The van der Waals surface area contributed by atoms with Crippen LogP contribution in [0.4, 0.5) is 0 Å². The second-order valence-electron chi connectivity index (χ2n) is 4.73. The quantitative estimate of drug-likeness (QED) is 0.708. The first-order valence-electron chi connectivity index (χ1n) is 6.03. The van der Waals surface area contributed by atoms with Crippen LogP contribution in [-0.4, -0.2) is 37.1 Å². The van der Waals surface area contributed by atoms with Crippen LogP contribution in [0.2, 0.25) is 0 Å². The summed E-state index contributed by atoms with van der Waals surface area (Å²) >= 11 is 0. The summed E-state index contributed by atoms with van der Waals surface area (Å²) in [4.78, 5) is 11.9. The van der Waals surface area contributed by atoms with Crippen LogP contribution in [0.3, 0.4) is 0 Å². The van der Waals surface area contributed by atoms with Crippen molar-refractivity contribution in [2.24, 2.45) is 11.8 Å². The zero-order chi connectivity index (χ0) is 10.7. The number of rotatable bonds is 3. The highest BCUT2D eigenvalue weighted by Crippen LogP contribution is 2.16. The van der Waals surface area contributed by atoms with Gasteiger partial charge in [0, 0.05) is 19.0 Å². The molecular weight excluding hydrogens is 190 g/mol. The summed E-state index contributed by atoms with van der Waals surface area (Å²) in [6.07, 6.45) is 3.72. The van der Waals surface area contributed by atoms with Crippen molar-refractivity contribution in [1.29, 1.82) is 0 Å². The number of carbonyl (C=O) groups excluding carboxylic acids is 1. The molecule has 2 rings (SSSR count). The van der Waals surface area contributed by atoms with E-state index in [1.54, 1.807) is 0 Å². The molecule has 2 N–H and O–H groups in total. The van der Waals surface area contributed by atoms with Crippen LogP contribution in [0.1, 0.15) is 26.2 Å². The lowest BCUT2D eigenvalue weighted by Gasteiger charge is -2.34. The van der Waals surface area contributed by atoms with E-state index in [2.05, 4.69) is 15.8 Å². The van der Waals surface area contributed by atoms with Gasteiger partial charge >= 0.3 is 0 Å². The zero-order valence-corrected chi connectivity index (χ0v) is 9.46. The maximum Gasteiger partial charge on any atom is 0.237 e. The van der Waals surface area contributed by atoms with E-state index in [9.17, 15) is 4.79 Å². The highest BCUT2D eigenvalue weighted by atomic mass is 16.2. The number of nitrogens with zero attached hydrogens (tertiary/aromatic N) is 1. The lowest BCUT2D eigenvalue weighted by Crippen LogP contribution is -2.53. The normalized spacial score (nSPS) is 25.7. The van der Waals surface area contributed by atoms with Crippen molar-refractivity contribution >= 4 is 5.91 Å². The minimum absolute atomic E-state index is 0.146. The fraction of sp³-hybridized carbons (Fsp3) is 0.909. The van der Waals surface area contributed by atoms with Crippen molar-refractivity contribution in [2.45, 2.75) is 26.2 Å². The van der Waals surface area contributed by atoms with Gasteiger partial charge in [0.05, 0.1) is 0 Å². The summed E-state index contributed by atoms with van der Waals surface area (Å²) < 4.78 is 0. The molecule has 0 aromatic heterocycles. The summed E-state index contributed by atoms with van der Waals surface area (Å²) in [6.45, 7) is 6.05. The molecule has 2 saturated heterocycles. The van der Waals surface area contributed by atoms with Gasteiger partial charge in [-0.2, -0.15) is 0 Å². The number of amides is 1. The molecular formula is C11H21N3O. The minimum Gasteiger partial charge on any atom is -0.316 e. The average molecular weight is 211 g/mol. The second kappa shape index (κ2) is 4.94. The average Bonchev–Trinajstić information content (AvgIpc) is 2.16. The number of carbonyl (C=O) groups is 1. The van der Waals surface area contributed by atoms with E-state index in [1.807, 2.05) is 6.92 Å². The molecule has 1 atom stereocenters. The van der Waals surface area contributed by atoms with E-state index >= 15 is 0 Å². The van der Waals surface area contributed by atoms with Gasteiger partial charge in [-0.05, 0) is 31.8 Å². The molecule has 2 aliphatic rings. The fourth-order valence-electron chi connectivity index (χ4n) is 2.14. The second-order valence-corrected chi connectivity index (χ2v) is 4.73. The smallest absolute Gasteiger partial charge is 0.237 e. The number of nitrogens with one attached hydrogen (secondary N) is 2. The van der Waals surface area contributed by atoms with Gasteiger partial charge in [-0.25, -0.2) is 5.01 Å². The van der Waals surface area contributed by atoms with Crippen molar-refractivity contribution in [3.05, 3.63) is 0 Å². The number of hydrogen-bond donors (Lipinski definition) is 2. The largest absolute Gasteiger partial charge is 0.316 e. The molecule has 4 heteroatoms. The third kappa shape index (κ3) is 2.69. The molecule has 1 unspecified atom stereocenters. The maximum absolute atomic E-state index is 11.9. The molecule has 1 amide bonds. The van der Waals surface area contributed by atoms with Crippen LogP contribution in [-0.2, 0) is 4.79 Å². The summed E-state index contributed by atoms with van der Waals surface area (Å²) in [6, 6.07) is 0. The van der Waals surface area contributed by atoms with Gasteiger partial charge in [-0.1, -0.05) is 13.3 Å². The molecule has 2 aliphatic heterocycles. The first-order valence-corrected chi connectivity index (χ1v) is 6.03. The van der Waals surface area contributed by atoms with Gasteiger partial charge in [0.25, 0.3) is 0 Å². The Bertz CT molecular complexity index is 222. The van der Waals surface area contributed by atoms with Gasteiger partial charge in [0.2, 0.25) is 5.91 Å². The van der Waals surface area contributed by atoms with Gasteiger partial charge < -0.3 is 5.32 Å². The summed E-state index contributed by atoms with van der Waals surface area (Å²) in [7, 11) is 0. The van der Waals surface area contributed by atoms with E-state index in [0.29, 0.717) is 5.92 Å². The van der Waals surface area contributed by atoms with E-state index in [4.69, 9.17) is 0 Å². The van der Waals surface area contributed by atoms with Crippen molar-refractivity contribution in [2.75, 3.05) is 26.2 Å². The van der Waals surface area contributed by atoms with E-state index in [1.165, 1.54) is 19.3 Å². The monoisotopic (exact) mass is 211 g/mol. The topological polar surface area (TPSA) is 44.4 Å². The number of hydrazine groups is 1. The third-order valence-corrected chi connectivity index (χ3v) is 3.56. The van der Waals surface area contributed by atoms with Crippen LogP contribution in [0.5, 0.6) is 0 Å². The molecule has 0 radical (unpaired) electrons. The summed E-state index contributed by atoms with van der Waals surface area (Å²) in [5.41, 5.74) is 3.03. The summed E-state index contributed by atoms with van der Waals surface area (Å²) in [5.74, 6) is 0.881. The Morgan fingerprint density at radius 2 is 2.00 bits per heavy atom. The molecule has 0 spiro atoms. The fourth-order valence-corrected chi connectivity index (χ4v) is 2.14. The molecule has 2 fully saturated rings.